The first-order chi connectivity index (χ1) is 10.6. The molecule has 0 unspecified atom stereocenters. The molecule has 0 saturated carbocycles. The Labute approximate surface area is 127 Å². The molecular formula is C15H17NO6. The smallest absolute Gasteiger partial charge is 0.326 e. The van der Waals surface area contributed by atoms with Gasteiger partial charge in [-0.05, 0) is 18.6 Å². The van der Waals surface area contributed by atoms with Crippen LogP contribution in [0, 0.1) is 0 Å². The third-order valence-corrected chi connectivity index (χ3v) is 3.10. The van der Waals surface area contributed by atoms with Gasteiger partial charge in [-0.25, -0.2) is 0 Å². The Bertz CT molecular complexity index is 598. The number of esters is 1. The topological polar surface area (TPSA) is 82.1 Å². The molecular weight excluding hydrogens is 290 g/mol. The number of nitrogens with zero attached hydrogens (tertiary/aromatic N) is 1. The van der Waals surface area contributed by atoms with Crippen LogP contribution in [-0.2, 0) is 14.3 Å². The van der Waals surface area contributed by atoms with E-state index in [1.165, 1.54) is 24.1 Å². The number of ether oxygens (including phenoxy) is 3. The van der Waals surface area contributed by atoms with Crippen LogP contribution in [0.5, 0.6) is 11.5 Å². The Balaban J connectivity index is 2.35. The molecule has 2 rings (SSSR count). The zero-order valence-corrected chi connectivity index (χ0v) is 12.5. The fourth-order valence-electron chi connectivity index (χ4n) is 2.08. The summed E-state index contributed by atoms with van der Waals surface area (Å²) in [6.07, 6.45) is 1.33. The normalized spacial score (nSPS) is 13.2. The highest BCUT2D eigenvalue weighted by Crippen LogP contribution is 2.41. The summed E-state index contributed by atoms with van der Waals surface area (Å²) in [6.45, 7) is 1.73. The molecule has 22 heavy (non-hydrogen) atoms. The molecule has 7 heteroatoms. The maximum Gasteiger partial charge on any atom is 0.326 e. The van der Waals surface area contributed by atoms with E-state index in [2.05, 4.69) is 0 Å². The van der Waals surface area contributed by atoms with Crippen molar-refractivity contribution in [1.82, 2.24) is 0 Å². The number of aldehydes is 1. The first-order valence-electron chi connectivity index (χ1n) is 6.86. The first-order valence-corrected chi connectivity index (χ1v) is 6.86. The molecule has 0 fully saturated rings. The van der Waals surface area contributed by atoms with Crippen LogP contribution in [0.25, 0.3) is 0 Å². The minimum Gasteiger partial charge on any atom is -0.493 e. The lowest BCUT2D eigenvalue weighted by atomic mass is 10.1. The summed E-state index contributed by atoms with van der Waals surface area (Å²) < 4.78 is 15.5. The summed E-state index contributed by atoms with van der Waals surface area (Å²) in [7, 11) is 1.43. The number of carbonyl (C=O) groups is 3. The van der Waals surface area contributed by atoms with Crippen LogP contribution in [0.15, 0.2) is 12.1 Å². The van der Waals surface area contributed by atoms with Crippen molar-refractivity contribution in [3.8, 4) is 11.5 Å². The van der Waals surface area contributed by atoms with Gasteiger partial charge in [-0.2, -0.15) is 0 Å². The van der Waals surface area contributed by atoms with E-state index in [9.17, 15) is 14.4 Å². The zero-order valence-electron chi connectivity index (χ0n) is 12.5. The molecule has 1 aliphatic rings. The first kappa shape index (κ1) is 15.8. The van der Waals surface area contributed by atoms with Gasteiger partial charge in [0.25, 0.3) is 5.91 Å². The third-order valence-electron chi connectivity index (χ3n) is 3.10. The van der Waals surface area contributed by atoms with Gasteiger partial charge in [0.2, 0.25) is 0 Å². The average molecular weight is 307 g/mol. The molecule has 0 atom stereocenters. The third kappa shape index (κ3) is 3.19. The van der Waals surface area contributed by atoms with Gasteiger partial charge in [0.1, 0.15) is 12.8 Å². The van der Waals surface area contributed by atoms with Crippen LogP contribution in [0.4, 0.5) is 5.69 Å². The van der Waals surface area contributed by atoms with Crippen molar-refractivity contribution in [3.63, 3.8) is 0 Å². The van der Waals surface area contributed by atoms with E-state index < -0.39 is 5.97 Å². The summed E-state index contributed by atoms with van der Waals surface area (Å²) >= 11 is 0. The SMILES string of the molecule is CCCOC(=O)CN1C(=O)COc2c(OC)cc(C=O)cc21. The van der Waals surface area contributed by atoms with Gasteiger partial charge in [-0.1, -0.05) is 6.92 Å². The van der Waals surface area contributed by atoms with Gasteiger partial charge in [-0.15, -0.1) is 0 Å². The van der Waals surface area contributed by atoms with Crippen LogP contribution in [0.1, 0.15) is 23.7 Å². The molecule has 118 valence electrons. The van der Waals surface area contributed by atoms with E-state index in [-0.39, 0.29) is 19.1 Å². The van der Waals surface area contributed by atoms with Crippen molar-refractivity contribution in [2.45, 2.75) is 13.3 Å². The molecule has 0 aliphatic carbocycles. The molecule has 1 amide bonds. The Hall–Kier alpha value is -2.57. The van der Waals surface area contributed by atoms with Crippen molar-refractivity contribution >= 4 is 23.9 Å². The second-order valence-corrected chi connectivity index (χ2v) is 4.68. The summed E-state index contributed by atoms with van der Waals surface area (Å²) in [5.74, 6) is -0.236. The van der Waals surface area contributed by atoms with Crippen LogP contribution in [0.3, 0.4) is 0 Å². The molecule has 0 radical (unpaired) electrons. The number of methoxy groups -OCH3 is 1. The summed E-state index contributed by atoms with van der Waals surface area (Å²) in [6, 6.07) is 2.99. The Morgan fingerprint density at radius 2 is 2.23 bits per heavy atom. The van der Waals surface area contributed by atoms with Gasteiger partial charge < -0.3 is 14.2 Å². The summed E-state index contributed by atoms with van der Waals surface area (Å²) in [5.41, 5.74) is 0.645. The standard InChI is InChI=1S/C15H17NO6/c1-3-4-21-14(19)7-16-11-5-10(8-17)6-12(20-2)15(11)22-9-13(16)18/h5-6,8H,3-4,7,9H2,1-2H3. The number of hydrogen-bond donors (Lipinski definition) is 0. The maximum absolute atomic E-state index is 12.0. The van der Waals surface area contributed by atoms with Gasteiger partial charge in [0.15, 0.2) is 18.1 Å². The lowest BCUT2D eigenvalue weighted by Crippen LogP contribution is -2.42. The fourth-order valence-corrected chi connectivity index (χ4v) is 2.08. The van der Waals surface area contributed by atoms with Crippen molar-refractivity contribution in [3.05, 3.63) is 17.7 Å². The van der Waals surface area contributed by atoms with Crippen LogP contribution in [-0.4, -0.2) is 45.0 Å². The molecule has 1 aromatic rings. The number of fused-ring (bicyclic) bond motifs is 1. The maximum atomic E-state index is 12.0. The van der Waals surface area contributed by atoms with Crippen molar-refractivity contribution < 1.29 is 28.6 Å². The number of benzene rings is 1. The van der Waals surface area contributed by atoms with Gasteiger partial charge in [0, 0.05) is 5.56 Å². The molecule has 0 N–H and O–H groups in total. The predicted octanol–water partition coefficient (Wildman–Crippen LogP) is 1.19. The predicted molar refractivity (Wildman–Crippen MR) is 77.5 cm³/mol. The fraction of sp³-hybridized carbons (Fsp3) is 0.400. The molecule has 0 spiro atoms. The molecule has 1 heterocycles. The zero-order chi connectivity index (χ0) is 16.1. The quantitative estimate of drug-likeness (QED) is 0.580. The van der Waals surface area contributed by atoms with E-state index in [0.717, 1.165) is 0 Å². The largest absolute Gasteiger partial charge is 0.493 e. The second kappa shape index (κ2) is 6.93. The minimum atomic E-state index is -0.515. The Morgan fingerprint density at radius 1 is 1.45 bits per heavy atom. The van der Waals surface area contributed by atoms with Gasteiger partial charge in [0.05, 0.1) is 19.4 Å². The number of anilines is 1. The molecule has 0 aromatic heterocycles. The number of rotatable bonds is 6. The summed E-state index contributed by atoms with van der Waals surface area (Å²) in [4.78, 5) is 36.1. The monoisotopic (exact) mass is 307 g/mol. The van der Waals surface area contributed by atoms with E-state index in [1.54, 1.807) is 0 Å². The molecule has 0 saturated heterocycles. The van der Waals surface area contributed by atoms with Crippen molar-refractivity contribution in [1.29, 1.82) is 0 Å². The van der Waals surface area contributed by atoms with E-state index >= 15 is 0 Å². The number of hydrogen-bond acceptors (Lipinski definition) is 6. The molecule has 7 nitrogen and oxygen atoms in total. The molecule has 1 aromatic carbocycles. The van der Waals surface area contributed by atoms with Crippen molar-refractivity contribution in [2.24, 2.45) is 0 Å². The van der Waals surface area contributed by atoms with Crippen LogP contribution < -0.4 is 14.4 Å². The lowest BCUT2D eigenvalue weighted by molar-refractivity contribution is -0.143. The van der Waals surface area contributed by atoms with Gasteiger partial charge in [-0.3, -0.25) is 19.3 Å². The van der Waals surface area contributed by atoms with E-state index in [1.807, 2.05) is 6.92 Å². The Morgan fingerprint density at radius 3 is 2.86 bits per heavy atom. The highest BCUT2D eigenvalue weighted by molar-refractivity contribution is 6.02. The van der Waals surface area contributed by atoms with Crippen LogP contribution >= 0.6 is 0 Å². The molecule has 0 bridgehead atoms. The van der Waals surface area contributed by atoms with Crippen molar-refractivity contribution in [2.75, 3.05) is 31.8 Å². The average Bonchev–Trinajstić information content (AvgIpc) is 2.54. The highest BCUT2D eigenvalue weighted by atomic mass is 16.5. The van der Waals surface area contributed by atoms with E-state index in [4.69, 9.17) is 14.2 Å². The van der Waals surface area contributed by atoms with Gasteiger partial charge >= 0.3 is 5.97 Å². The second-order valence-electron chi connectivity index (χ2n) is 4.68. The highest BCUT2D eigenvalue weighted by Gasteiger charge is 2.30. The number of carbonyl (C=O) groups excluding carboxylic acids is 3. The molecule has 1 aliphatic heterocycles. The minimum absolute atomic E-state index is 0.204. The van der Waals surface area contributed by atoms with E-state index in [0.29, 0.717) is 42.1 Å². The summed E-state index contributed by atoms with van der Waals surface area (Å²) in [5, 5.41) is 0. The number of amides is 1. The van der Waals surface area contributed by atoms with Crippen LogP contribution in [0.2, 0.25) is 0 Å². The lowest BCUT2D eigenvalue weighted by Gasteiger charge is -2.29. The Kier molecular flexibility index (Phi) is 4.98.